The van der Waals surface area contributed by atoms with Gasteiger partial charge in [0.1, 0.15) is 0 Å². The molecular formula is C38H43F2NO3. The predicted octanol–water partition coefficient (Wildman–Crippen LogP) is 6.80. The van der Waals surface area contributed by atoms with Crippen molar-refractivity contribution in [1.82, 2.24) is 4.90 Å². The molecule has 44 heavy (non-hydrogen) atoms. The van der Waals surface area contributed by atoms with Gasteiger partial charge in [-0.3, -0.25) is 9.69 Å². The van der Waals surface area contributed by atoms with Crippen LogP contribution in [0, 0.1) is 45.1 Å². The molecule has 0 radical (unpaired) electrons. The molecule has 0 aromatic heterocycles. The predicted molar refractivity (Wildman–Crippen MR) is 165 cm³/mol. The van der Waals surface area contributed by atoms with Crippen LogP contribution in [-0.2, 0) is 13.0 Å². The van der Waals surface area contributed by atoms with E-state index in [9.17, 15) is 23.8 Å². The second-order valence-corrected chi connectivity index (χ2v) is 15.5. The SMILES string of the molecule is C[C@]12CC[C@H]3[C@]4(C=C[C@@]5(C=C4C(=O)c4ccc(F)c(F)c4)CC(O)CC[C@]35C)[C@@H]1CC[C@@]2(O)CN1CCc2ccccc2C1. The molecule has 1 heterocycles. The lowest BCUT2D eigenvalue weighted by molar-refractivity contribution is -0.176. The molecular weight excluding hydrogens is 556 g/mol. The zero-order valence-corrected chi connectivity index (χ0v) is 25.8. The van der Waals surface area contributed by atoms with E-state index in [1.807, 2.05) is 0 Å². The maximum absolute atomic E-state index is 14.5. The number of nitrogens with zero attached hydrogens (tertiary/aromatic N) is 1. The monoisotopic (exact) mass is 599 g/mol. The van der Waals surface area contributed by atoms with E-state index < -0.39 is 39.6 Å². The van der Waals surface area contributed by atoms with Gasteiger partial charge in [0.05, 0.1) is 11.7 Å². The highest BCUT2D eigenvalue weighted by Gasteiger charge is 2.74. The van der Waals surface area contributed by atoms with Gasteiger partial charge in [-0.05, 0) is 97.9 Å². The first-order valence-electron chi connectivity index (χ1n) is 16.6. The third kappa shape index (κ3) is 3.62. The minimum absolute atomic E-state index is 0.0227. The first kappa shape index (κ1) is 28.8. The van der Waals surface area contributed by atoms with Crippen LogP contribution in [0.25, 0.3) is 0 Å². The Morgan fingerprint density at radius 3 is 2.45 bits per heavy atom. The average Bonchev–Trinajstić information content (AvgIpc) is 3.28. The number of aliphatic hydroxyl groups is 2. The summed E-state index contributed by atoms with van der Waals surface area (Å²) in [7, 11) is 0. The van der Waals surface area contributed by atoms with Crippen molar-refractivity contribution in [2.75, 3.05) is 13.1 Å². The molecule has 6 aliphatic carbocycles. The Hall–Kier alpha value is -2.67. The van der Waals surface area contributed by atoms with Crippen molar-refractivity contribution in [2.45, 2.75) is 83.5 Å². The molecule has 2 aromatic carbocycles. The maximum atomic E-state index is 14.5. The molecule has 2 aromatic rings. The Morgan fingerprint density at radius 2 is 1.66 bits per heavy atom. The summed E-state index contributed by atoms with van der Waals surface area (Å²) in [6, 6.07) is 12.1. The number of carbonyl (C=O) groups excluding carboxylic acids is 1. The second-order valence-electron chi connectivity index (χ2n) is 15.5. The molecule has 1 unspecified atom stereocenters. The third-order valence-corrected chi connectivity index (χ3v) is 13.8. The van der Waals surface area contributed by atoms with E-state index in [1.165, 1.54) is 17.2 Å². The second kappa shape index (κ2) is 9.43. The highest BCUT2D eigenvalue weighted by atomic mass is 19.2. The van der Waals surface area contributed by atoms with E-state index in [-0.39, 0.29) is 28.6 Å². The van der Waals surface area contributed by atoms with E-state index in [0.29, 0.717) is 25.0 Å². The smallest absolute Gasteiger partial charge is 0.189 e. The van der Waals surface area contributed by atoms with Crippen LogP contribution in [-0.4, -0.2) is 45.7 Å². The average molecular weight is 600 g/mol. The van der Waals surface area contributed by atoms with E-state index in [1.54, 1.807) is 0 Å². The van der Waals surface area contributed by atoms with Gasteiger partial charge in [-0.15, -0.1) is 0 Å². The number of ketones is 1. The van der Waals surface area contributed by atoms with E-state index in [0.717, 1.165) is 63.7 Å². The molecule has 4 nitrogen and oxygen atoms in total. The van der Waals surface area contributed by atoms with Crippen molar-refractivity contribution in [2.24, 2.45) is 33.5 Å². The lowest BCUT2D eigenvalue weighted by Crippen LogP contribution is -2.67. The van der Waals surface area contributed by atoms with Gasteiger partial charge in [0.15, 0.2) is 17.4 Å². The van der Waals surface area contributed by atoms with Gasteiger partial charge in [-0.2, -0.15) is 0 Å². The van der Waals surface area contributed by atoms with Gasteiger partial charge in [0.25, 0.3) is 0 Å². The summed E-state index contributed by atoms with van der Waals surface area (Å²) in [5, 5.41) is 23.6. The summed E-state index contributed by atoms with van der Waals surface area (Å²) in [5.74, 6) is -2.07. The molecule has 0 saturated heterocycles. The number of carbonyl (C=O) groups is 1. The molecule has 2 spiro atoms. The fourth-order valence-electron chi connectivity index (χ4n) is 11.4. The molecule has 2 N–H and O–H groups in total. The molecule has 8 atom stereocenters. The standard InChI is InChI=1S/C38H43F2NO3/c1-34-13-9-27(42)20-36(34)16-17-38(28(21-36)33(43)25-7-8-29(39)30(40)19-25)31(34)10-14-35(2)32(38)11-15-37(35,44)23-41-18-12-24-5-3-4-6-26(24)22-41/h3-8,16-17,19,21,27,31-32,42,44H,9-15,18,20,22-23H2,1-2H3/t27?,31-,32-,34-,35+,36+,37-,38-/m1/s1. The van der Waals surface area contributed by atoms with Gasteiger partial charge < -0.3 is 10.2 Å². The summed E-state index contributed by atoms with van der Waals surface area (Å²) in [5.41, 5.74) is 0.969. The van der Waals surface area contributed by atoms with Gasteiger partial charge in [-0.1, -0.05) is 56.3 Å². The molecule has 1 aliphatic heterocycles. The largest absolute Gasteiger partial charge is 0.393 e. The third-order valence-electron chi connectivity index (χ3n) is 13.8. The molecule has 7 aliphatic rings. The number of rotatable bonds is 4. The highest BCUT2D eigenvalue weighted by molar-refractivity contribution is 6.10. The Balaban J connectivity index is 1.22. The van der Waals surface area contributed by atoms with Crippen LogP contribution in [0.15, 0.2) is 66.3 Å². The van der Waals surface area contributed by atoms with Crippen molar-refractivity contribution in [1.29, 1.82) is 0 Å². The molecule has 3 saturated carbocycles. The van der Waals surface area contributed by atoms with Crippen molar-refractivity contribution >= 4 is 5.78 Å². The van der Waals surface area contributed by atoms with Crippen LogP contribution in [0.3, 0.4) is 0 Å². The number of Topliss-reactive ketones (excluding diaryl/α,β-unsaturated/α-hetero) is 1. The van der Waals surface area contributed by atoms with E-state index in [2.05, 4.69) is 61.2 Å². The number of halogens is 2. The molecule has 9 rings (SSSR count). The van der Waals surface area contributed by atoms with Crippen LogP contribution in [0.1, 0.15) is 80.3 Å². The van der Waals surface area contributed by atoms with Gasteiger partial charge >= 0.3 is 0 Å². The quantitative estimate of drug-likeness (QED) is 0.300. The summed E-state index contributed by atoms with van der Waals surface area (Å²) in [4.78, 5) is 16.9. The lowest BCUT2D eigenvalue weighted by Gasteiger charge is -2.71. The summed E-state index contributed by atoms with van der Waals surface area (Å²) in [6.45, 7) is 6.95. The van der Waals surface area contributed by atoms with Crippen LogP contribution >= 0.6 is 0 Å². The Kier molecular flexibility index (Phi) is 6.17. The summed E-state index contributed by atoms with van der Waals surface area (Å²) < 4.78 is 28.4. The zero-order chi connectivity index (χ0) is 30.7. The van der Waals surface area contributed by atoms with Crippen molar-refractivity contribution < 1.29 is 23.8 Å². The molecule has 0 amide bonds. The van der Waals surface area contributed by atoms with Crippen molar-refractivity contribution in [3.63, 3.8) is 0 Å². The Bertz CT molecular complexity index is 1620. The molecule has 3 fully saturated rings. The number of benzene rings is 2. The first-order valence-corrected chi connectivity index (χ1v) is 16.6. The topological polar surface area (TPSA) is 60.8 Å². The number of allylic oxidation sites excluding steroid dienone is 4. The number of hydrogen-bond acceptors (Lipinski definition) is 4. The van der Waals surface area contributed by atoms with Gasteiger partial charge in [0.2, 0.25) is 0 Å². The van der Waals surface area contributed by atoms with Crippen molar-refractivity contribution in [3.05, 3.63) is 94.6 Å². The highest BCUT2D eigenvalue weighted by Crippen LogP contribution is 2.78. The number of hydrogen-bond donors (Lipinski definition) is 2. The number of fused-ring (bicyclic) bond motifs is 2. The summed E-state index contributed by atoms with van der Waals surface area (Å²) in [6.07, 6.45) is 12.6. The number of aliphatic hydroxyl groups excluding tert-OH is 1. The van der Waals surface area contributed by atoms with Crippen LogP contribution in [0.2, 0.25) is 0 Å². The van der Waals surface area contributed by atoms with Crippen LogP contribution in [0.5, 0.6) is 0 Å². The van der Waals surface area contributed by atoms with Gasteiger partial charge in [0, 0.05) is 47.0 Å². The Morgan fingerprint density at radius 1 is 0.932 bits per heavy atom. The van der Waals surface area contributed by atoms with Crippen LogP contribution < -0.4 is 0 Å². The maximum Gasteiger partial charge on any atom is 0.189 e. The molecule has 232 valence electrons. The van der Waals surface area contributed by atoms with Crippen molar-refractivity contribution in [3.8, 4) is 0 Å². The first-order chi connectivity index (χ1) is 20.9. The zero-order valence-electron chi connectivity index (χ0n) is 25.8. The van der Waals surface area contributed by atoms with E-state index in [4.69, 9.17) is 0 Å². The van der Waals surface area contributed by atoms with E-state index >= 15 is 0 Å². The summed E-state index contributed by atoms with van der Waals surface area (Å²) >= 11 is 0. The lowest BCUT2D eigenvalue weighted by atomic mass is 9.32. The normalized spacial score (nSPS) is 42.2. The fourth-order valence-corrected chi connectivity index (χ4v) is 11.4. The van der Waals surface area contributed by atoms with Gasteiger partial charge in [-0.25, -0.2) is 8.78 Å². The van der Waals surface area contributed by atoms with Crippen LogP contribution in [0.4, 0.5) is 8.78 Å². The Labute approximate surface area is 258 Å². The molecule has 6 heteroatoms. The minimum Gasteiger partial charge on any atom is -0.393 e. The minimum atomic E-state index is -1.02. The fraction of sp³-hybridized carbons (Fsp3) is 0.553. The number of β-amino-alcohol motifs (C(OH)–C–C–N with tert-alkyl or cyclic N) is 1. The molecule has 2 bridgehead atoms.